The number of aliphatic carboxylic acids is 1. The fourth-order valence-corrected chi connectivity index (χ4v) is 4.69. The van der Waals surface area contributed by atoms with E-state index in [2.05, 4.69) is 5.16 Å². The zero-order valence-electron chi connectivity index (χ0n) is 20.3. The largest absolute Gasteiger partial charge is 0.478 e. The summed E-state index contributed by atoms with van der Waals surface area (Å²) in [6.45, 7) is 4.66. The van der Waals surface area contributed by atoms with Crippen LogP contribution in [0, 0.1) is 10.7 Å². The molecule has 1 aliphatic rings. The van der Waals surface area contributed by atoms with Gasteiger partial charge in [0.25, 0.3) is 5.92 Å². The van der Waals surface area contributed by atoms with E-state index in [9.17, 15) is 19.5 Å². The van der Waals surface area contributed by atoms with E-state index in [0.29, 0.717) is 6.08 Å². The molecule has 2 aromatic rings. The monoisotopic (exact) mass is 554 g/mol. The number of alkyl halides is 2. The van der Waals surface area contributed by atoms with Gasteiger partial charge in [0.15, 0.2) is 4.77 Å². The van der Waals surface area contributed by atoms with Crippen LogP contribution in [0.25, 0.3) is 5.70 Å². The summed E-state index contributed by atoms with van der Waals surface area (Å²) >= 11 is 11.3. The number of carboxylic acid groups (broad SMARTS) is 1. The molecule has 198 valence electrons. The summed E-state index contributed by atoms with van der Waals surface area (Å²) in [6.07, 6.45) is 0.0593. The van der Waals surface area contributed by atoms with Crippen molar-refractivity contribution in [2.45, 2.75) is 52.8 Å². The van der Waals surface area contributed by atoms with Crippen LogP contribution >= 0.6 is 23.8 Å². The first-order valence-electron chi connectivity index (χ1n) is 11.3. The van der Waals surface area contributed by atoms with Gasteiger partial charge in [0.2, 0.25) is 0 Å². The summed E-state index contributed by atoms with van der Waals surface area (Å²) < 4.78 is 34.0. The molecule has 0 bridgehead atoms. The third-order valence-corrected chi connectivity index (χ3v) is 6.74. The van der Waals surface area contributed by atoms with Crippen LogP contribution in [0.2, 0.25) is 0 Å². The van der Waals surface area contributed by atoms with Crippen molar-refractivity contribution in [3.63, 3.8) is 0 Å². The lowest BCUT2D eigenvalue weighted by Gasteiger charge is -2.33. The normalized spacial score (nSPS) is 17.5. The van der Waals surface area contributed by atoms with Crippen molar-refractivity contribution in [3.8, 4) is 0 Å². The summed E-state index contributed by atoms with van der Waals surface area (Å²) in [6, 6.07) is 9.03. The molecule has 0 saturated carbocycles. The summed E-state index contributed by atoms with van der Waals surface area (Å²) in [5, 5.41) is 12.9. The molecule has 0 radical (unpaired) electrons. The Morgan fingerprint density at radius 1 is 1.16 bits per heavy atom. The number of hydrogen-bond donors (Lipinski definition) is 1. The summed E-state index contributed by atoms with van der Waals surface area (Å²) in [5.74, 6) is -7.44. The van der Waals surface area contributed by atoms with Crippen molar-refractivity contribution in [3.05, 3.63) is 78.3 Å². The smallest absolute Gasteiger partial charge is 0.339 e. The highest BCUT2D eigenvalue weighted by Gasteiger charge is 2.51. The quantitative estimate of drug-likeness (QED) is 0.282. The van der Waals surface area contributed by atoms with Crippen molar-refractivity contribution in [2.24, 2.45) is 11.1 Å². The number of benzene rings is 1. The van der Waals surface area contributed by atoms with Crippen LogP contribution in [0.4, 0.5) is 8.78 Å². The molecule has 1 aromatic carbocycles. The predicted molar refractivity (Wildman–Crippen MR) is 137 cm³/mol. The number of oxime groups is 1. The van der Waals surface area contributed by atoms with E-state index in [-0.39, 0.29) is 34.7 Å². The van der Waals surface area contributed by atoms with E-state index in [1.54, 1.807) is 38.1 Å². The predicted octanol–water partition coefficient (Wildman–Crippen LogP) is 4.25. The fraction of sp³-hybridized carbons (Fsp3) is 0.375. The minimum Gasteiger partial charge on any atom is -0.478 e. The number of allylic oxidation sites excluding steroid dienone is 2. The molecule has 37 heavy (non-hydrogen) atoms. The van der Waals surface area contributed by atoms with Gasteiger partial charge >= 0.3 is 17.3 Å². The lowest BCUT2D eigenvalue weighted by atomic mass is 9.85. The molecule has 1 atom stereocenters. The van der Waals surface area contributed by atoms with Crippen molar-refractivity contribution >= 4 is 41.2 Å². The molecule has 1 N–H and O–H groups in total. The average molecular weight is 555 g/mol. The van der Waals surface area contributed by atoms with Gasteiger partial charge in [0.05, 0.1) is 17.2 Å². The van der Waals surface area contributed by atoms with Gasteiger partial charge in [0.1, 0.15) is 12.3 Å². The van der Waals surface area contributed by atoms with Crippen molar-refractivity contribution < 1.29 is 23.5 Å². The minimum atomic E-state index is -3.92. The Bertz CT molecular complexity index is 1430. The summed E-state index contributed by atoms with van der Waals surface area (Å²) in [5.41, 5.74) is -3.07. The molecule has 1 aromatic heterocycles. The Labute approximate surface area is 220 Å². The Balaban J connectivity index is 2.10. The van der Waals surface area contributed by atoms with E-state index in [4.69, 9.17) is 28.7 Å². The second-order valence-electron chi connectivity index (χ2n) is 8.23. The second-order valence-corrected chi connectivity index (χ2v) is 9.01. The third kappa shape index (κ3) is 5.49. The Morgan fingerprint density at radius 3 is 2.24 bits per heavy atom. The Morgan fingerprint density at radius 2 is 1.73 bits per heavy atom. The molecule has 0 fully saturated rings. The number of carbonyl (C=O) groups is 1. The highest BCUT2D eigenvalue weighted by atomic mass is 35.5. The first-order valence-corrected chi connectivity index (χ1v) is 12.1. The molecule has 1 unspecified atom stereocenters. The van der Waals surface area contributed by atoms with Gasteiger partial charge in [-0.15, -0.1) is 0 Å². The maximum atomic E-state index is 16.0. The van der Waals surface area contributed by atoms with Crippen molar-refractivity contribution in [1.29, 1.82) is 0 Å². The molecule has 1 heterocycles. The van der Waals surface area contributed by atoms with Gasteiger partial charge < -0.3 is 9.94 Å². The van der Waals surface area contributed by atoms with Crippen LogP contribution in [0.15, 0.2) is 61.8 Å². The Hall–Kier alpha value is -3.38. The second kappa shape index (κ2) is 11.3. The number of halogens is 3. The molecule has 0 spiro atoms. The van der Waals surface area contributed by atoms with Gasteiger partial charge in [-0.25, -0.2) is 19.0 Å². The lowest BCUT2D eigenvalue weighted by Crippen LogP contribution is -2.50. The van der Waals surface area contributed by atoms with Crippen molar-refractivity contribution in [2.75, 3.05) is 0 Å². The average Bonchev–Trinajstić information content (AvgIpc) is 2.84. The third-order valence-electron chi connectivity index (χ3n) is 5.83. The number of aromatic nitrogens is 3. The van der Waals surface area contributed by atoms with Gasteiger partial charge in [-0.2, -0.15) is 8.78 Å². The first kappa shape index (κ1) is 28.2. The standard InChI is InChI=1S/C24H25ClF2N4O5S/c1-4-29-21(34)31(22(35)30(5-2)23(29)37)18-12-16(20(32)33)19(25)17(24(18,26)27)11-14(3)28-36-13-15-9-7-6-8-10-15/h6-10,12,17H,4-5,11,13H2,1-3H3,(H,32,33). The Kier molecular flexibility index (Phi) is 8.64. The zero-order chi connectivity index (χ0) is 27.5. The van der Waals surface area contributed by atoms with Gasteiger partial charge in [-0.05, 0) is 44.6 Å². The van der Waals surface area contributed by atoms with Gasteiger partial charge in [-0.1, -0.05) is 47.1 Å². The van der Waals surface area contributed by atoms with E-state index in [1.165, 1.54) is 6.92 Å². The summed E-state index contributed by atoms with van der Waals surface area (Å²) in [4.78, 5) is 43.3. The fourth-order valence-electron chi connectivity index (χ4n) is 3.93. The molecule has 0 aliphatic heterocycles. The van der Waals surface area contributed by atoms with Gasteiger partial charge in [-0.3, -0.25) is 9.13 Å². The minimum absolute atomic E-state index is 0.00707. The SMILES string of the molecule is CCn1c(=S)n(CC)c(=O)n(C2=CC(C(=O)O)=C(Cl)C(CC(C)=NOCc3ccccc3)C2(F)F)c1=O. The maximum absolute atomic E-state index is 16.0. The highest BCUT2D eigenvalue weighted by molar-refractivity contribution is 7.71. The van der Waals surface area contributed by atoms with Crippen LogP contribution < -0.4 is 11.4 Å². The molecular weight excluding hydrogens is 530 g/mol. The topological polar surface area (TPSA) is 108 Å². The van der Waals surface area contributed by atoms with Crippen LogP contribution in [-0.2, 0) is 29.3 Å². The number of hydrogen-bond acceptors (Lipinski definition) is 6. The van der Waals surface area contributed by atoms with Crippen LogP contribution in [0.3, 0.4) is 0 Å². The van der Waals surface area contributed by atoms with Gasteiger partial charge in [0, 0.05) is 24.5 Å². The van der Waals surface area contributed by atoms with E-state index in [1.807, 2.05) is 6.07 Å². The molecule has 0 amide bonds. The molecule has 1 aliphatic carbocycles. The van der Waals surface area contributed by atoms with E-state index >= 15 is 8.78 Å². The maximum Gasteiger partial charge on any atom is 0.339 e. The molecule has 13 heteroatoms. The lowest BCUT2D eigenvalue weighted by molar-refractivity contribution is -0.132. The molecule has 3 rings (SSSR count). The van der Waals surface area contributed by atoms with Crippen LogP contribution in [0.5, 0.6) is 0 Å². The molecule has 9 nitrogen and oxygen atoms in total. The molecule has 0 saturated heterocycles. The van der Waals surface area contributed by atoms with Crippen LogP contribution in [0.1, 0.15) is 32.8 Å². The zero-order valence-corrected chi connectivity index (χ0v) is 21.9. The number of rotatable bonds is 9. The van der Waals surface area contributed by atoms with E-state index < -0.39 is 51.9 Å². The highest BCUT2D eigenvalue weighted by Crippen LogP contribution is 2.47. The number of nitrogens with zero attached hydrogens (tertiary/aromatic N) is 4. The van der Waals surface area contributed by atoms with Crippen LogP contribution in [-0.4, -0.2) is 36.4 Å². The summed E-state index contributed by atoms with van der Waals surface area (Å²) in [7, 11) is 0. The first-order chi connectivity index (χ1) is 17.4. The van der Waals surface area contributed by atoms with E-state index in [0.717, 1.165) is 14.7 Å². The molecular formula is C24H25ClF2N4O5S. The van der Waals surface area contributed by atoms with Crippen molar-refractivity contribution in [1.82, 2.24) is 13.7 Å². The number of carboxylic acids is 1.